The van der Waals surface area contributed by atoms with E-state index < -0.39 is 0 Å². The third-order valence-electron chi connectivity index (χ3n) is 2.25. The van der Waals surface area contributed by atoms with Crippen molar-refractivity contribution >= 4 is 11.5 Å². The van der Waals surface area contributed by atoms with Gasteiger partial charge in [-0.3, -0.25) is 4.68 Å². The zero-order valence-corrected chi connectivity index (χ0v) is 8.94. The van der Waals surface area contributed by atoms with E-state index >= 15 is 0 Å². The second kappa shape index (κ2) is 4.22. The molecule has 1 aromatic carbocycles. The Bertz CT molecular complexity index is 492. The van der Waals surface area contributed by atoms with Gasteiger partial charge in [0, 0.05) is 25.9 Å². The first kappa shape index (κ1) is 10.5. The number of hydrogen-bond donors (Lipinski definition) is 2. The number of aryl methyl sites for hydroxylation is 1. The summed E-state index contributed by atoms with van der Waals surface area (Å²) in [5, 5.41) is 7.24. The lowest BCUT2D eigenvalue weighted by Crippen LogP contribution is -2.02. The van der Waals surface area contributed by atoms with Crippen molar-refractivity contribution in [2.75, 3.05) is 11.1 Å². The lowest BCUT2D eigenvalue weighted by atomic mass is 10.2. The van der Waals surface area contributed by atoms with E-state index in [9.17, 15) is 4.39 Å². The first-order chi connectivity index (χ1) is 7.65. The van der Waals surface area contributed by atoms with Crippen LogP contribution in [0.3, 0.4) is 0 Å². The van der Waals surface area contributed by atoms with Crippen molar-refractivity contribution in [2.45, 2.75) is 6.54 Å². The van der Waals surface area contributed by atoms with E-state index in [2.05, 4.69) is 10.4 Å². The van der Waals surface area contributed by atoms with Crippen molar-refractivity contribution in [1.29, 1.82) is 0 Å². The molecule has 0 aliphatic heterocycles. The molecule has 5 heteroatoms. The number of nitrogens with one attached hydrogen (secondary N) is 1. The number of hydrogen-bond acceptors (Lipinski definition) is 3. The van der Waals surface area contributed by atoms with Gasteiger partial charge in [-0.1, -0.05) is 6.07 Å². The molecule has 0 bridgehead atoms. The van der Waals surface area contributed by atoms with Crippen LogP contribution in [0.1, 0.15) is 5.56 Å². The van der Waals surface area contributed by atoms with Gasteiger partial charge >= 0.3 is 0 Å². The van der Waals surface area contributed by atoms with Gasteiger partial charge in [0.05, 0.1) is 5.69 Å². The predicted octanol–water partition coefficient (Wildman–Crippen LogP) is 1.75. The van der Waals surface area contributed by atoms with E-state index in [-0.39, 0.29) is 11.5 Å². The van der Waals surface area contributed by atoms with Gasteiger partial charge in [-0.05, 0) is 17.7 Å². The zero-order chi connectivity index (χ0) is 11.5. The van der Waals surface area contributed by atoms with Crippen LogP contribution >= 0.6 is 0 Å². The van der Waals surface area contributed by atoms with Gasteiger partial charge in [0.25, 0.3) is 0 Å². The highest BCUT2D eigenvalue weighted by Crippen LogP contribution is 2.13. The summed E-state index contributed by atoms with van der Waals surface area (Å²) >= 11 is 0. The fourth-order valence-corrected chi connectivity index (χ4v) is 1.38. The molecule has 0 aliphatic rings. The van der Waals surface area contributed by atoms with Crippen molar-refractivity contribution in [1.82, 2.24) is 9.78 Å². The van der Waals surface area contributed by atoms with Crippen LogP contribution in [0.15, 0.2) is 30.5 Å². The summed E-state index contributed by atoms with van der Waals surface area (Å²) in [4.78, 5) is 0. The van der Waals surface area contributed by atoms with Crippen LogP contribution in [0, 0.1) is 5.82 Å². The minimum Gasteiger partial charge on any atom is -0.396 e. The molecule has 0 atom stereocenters. The lowest BCUT2D eigenvalue weighted by molar-refractivity contribution is 0.630. The van der Waals surface area contributed by atoms with Crippen LogP contribution in [0.5, 0.6) is 0 Å². The topological polar surface area (TPSA) is 55.9 Å². The van der Waals surface area contributed by atoms with E-state index in [1.807, 2.05) is 19.3 Å². The molecule has 2 aromatic rings. The molecule has 0 amide bonds. The third-order valence-corrected chi connectivity index (χ3v) is 2.25. The monoisotopic (exact) mass is 220 g/mol. The van der Waals surface area contributed by atoms with Crippen molar-refractivity contribution in [2.24, 2.45) is 7.05 Å². The summed E-state index contributed by atoms with van der Waals surface area (Å²) in [6, 6.07) is 6.62. The fourth-order valence-electron chi connectivity index (χ4n) is 1.38. The number of anilines is 2. The molecular formula is C11H13FN4. The Morgan fingerprint density at radius 2 is 2.25 bits per heavy atom. The molecule has 84 valence electrons. The normalized spacial score (nSPS) is 10.4. The molecule has 16 heavy (non-hydrogen) atoms. The molecule has 0 saturated heterocycles. The quantitative estimate of drug-likeness (QED) is 0.775. The van der Waals surface area contributed by atoms with Crippen LogP contribution in [-0.4, -0.2) is 9.78 Å². The van der Waals surface area contributed by atoms with Crippen molar-refractivity contribution in [3.63, 3.8) is 0 Å². The predicted molar refractivity (Wildman–Crippen MR) is 61.3 cm³/mol. The Kier molecular flexibility index (Phi) is 2.76. The molecular weight excluding hydrogens is 207 g/mol. The number of aromatic nitrogens is 2. The summed E-state index contributed by atoms with van der Waals surface area (Å²) in [7, 11) is 1.84. The molecule has 0 spiro atoms. The van der Waals surface area contributed by atoms with E-state index in [0.29, 0.717) is 6.54 Å². The summed E-state index contributed by atoms with van der Waals surface area (Å²) in [5.74, 6) is 0.375. The maximum Gasteiger partial charge on any atom is 0.148 e. The Morgan fingerprint density at radius 3 is 2.88 bits per heavy atom. The second-order valence-corrected chi connectivity index (χ2v) is 3.58. The summed E-state index contributed by atoms with van der Waals surface area (Å²) < 4.78 is 14.8. The van der Waals surface area contributed by atoms with Gasteiger partial charge in [-0.2, -0.15) is 5.10 Å². The van der Waals surface area contributed by atoms with Crippen molar-refractivity contribution in [3.8, 4) is 0 Å². The number of nitrogens with two attached hydrogens (primary N) is 1. The first-order valence-corrected chi connectivity index (χ1v) is 4.92. The molecule has 0 fully saturated rings. The molecule has 1 aromatic heterocycles. The number of halogens is 1. The Balaban J connectivity index is 2.02. The van der Waals surface area contributed by atoms with E-state index in [1.54, 1.807) is 16.8 Å². The second-order valence-electron chi connectivity index (χ2n) is 3.58. The molecule has 0 unspecified atom stereocenters. The van der Waals surface area contributed by atoms with Crippen molar-refractivity contribution < 1.29 is 4.39 Å². The van der Waals surface area contributed by atoms with Gasteiger partial charge in [-0.15, -0.1) is 0 Å². The Hall–Kier alpha value is -2.04. The molecule has 1 heterocycles. The lowest BCUT2D eigenvalue weighted by Gasteiger charge is -2.04. The molecule has 4 nitrogen and oxygen atoms in total. The standard InChI is InChI=1S/C11H13FN4/c1-16-5-4-11(15-16)14-7-8-2-3-10(13)9(12)6-8/h2-6H,7,13H2,1H3,(H,14,15). The van der Waals surface area contributed by atoms with Gasteiger partial charge in [0.15, 0.2) is 0 Å². The fraction of sp³-hybridized carbons (Fsp3) is 0.182. The number of nitrogen functional groups attached to an aromatic ring is 1. The highest BCUT2D eigenvalue weighted by atomic mass is 19.1. The maximum atomic E-state index is 13.1. The average molecular weight is 220 g/mol. The number of benzene rings is 1. The van der Waals surface area contributed by atoms with Gasteiger partial charge in [0.2, 0.25) is 0 Å². The summed E-state index contributed by atoms with van der Waals surface area (Å²) in [6.45, 7) is 0.522. The minimum atomic E-state index is -0.389. The van der Waals surface area contributed by atoms with Gasteiger partial charge in [-0.25, -0.2) is 4.39 Å². The summed E-state index contributed by atoms with van der Waals surface area (Å²) in [5.41, 5.74) is 6.39. The number of nitrogens with zero attached hydrogens (tertiary/aromatic N) is 2. The third kappa shape index (κ3) is 2.31. The largest absolute Gasteiger partial charge is 0.396 e. The highest BCUT2D eigenvalue weighted by molar-refractivity contribution is 5.42. The van der Waals surface area contributed by atoms with Crippen LogP contribution in [0.4, 0.5) is 15.9 Å². The number of rotatable bonds is 3. The zero-order valence-electron chi connectivity index (χ0n) is 8.94. The van der Waals surface area contributed by atoms with Crippen LogP contribution in [0.25, 0.3) is 0 Å². The molecule has 3 N–H and O–H groups in total. The summed E-state index contributed by atoms with van der Waals surface area (Å²) in [6.07, 6.45) is 1.84. The van der Waals surface area contributed by atoms with E-state index in [4.69, 9.17) is 5.73 Å². The Morgan fingerprint density at radius 1 is 1.44 bits per heavy atom. The van der Waals surface area contributed by atoms with Crippen LogP contribution in [-0.2, 0) is 13.6 Å². The smallest absolute Gasteiger partial charge is 0.148 e. The van der Waals surface area contributed by atoms with Gasteiger partial charge in [0.1, 0.15) is 11.6 Å². The average Bonchev–Trinajstić information content (AvgIpc) is 2.66. The highest BCUT2D eigenvalue weighted by Gasteiger charge is 2.01. The van der Waals surface area contributed by atoms with Gasteiger partial charge < -0.3 is 11.1 Å². The SMILES string of the molecule is Cn1ccc(NCc2ccc(N)c(F)c2)n1. The Labute approximate surface area is 92.9 Å². The maximum absolute atomic E-state index is 13.1. The van der Waals surface area contributed by atoms with Crippen molar-refractivity contribution in [3.05, 3.63) is 41.8 Å². The van der Waals surface area contributed by atoms with Crippen LogP contribution in [0.2, 0.25) is 0 Å². The van der Waals surface area contributed by atoms with E-state index in [0.717, 1.165) is 11.4 Å². The molecule has 0 aliphatic carbocycles. The molecule has 0 radical (unpaired) electrons. The van der Waals surface area contributed by atoms with E-state index in [1.165, 1.54) is 6.07 Å². The first-order valence-electron chi connectivity index (χ1n) is 4.92. The van der Waals surface area contributed by atoms with Crippen LogP contribution < -0.4 is 11.1 Å². The minimum absolute atomic E-state index is 0.168. The molecule has 2 rings (SSSR count). The molecule has 0 saturated carbocycles.